The molecule has 0 saturated carbocycles. The summed E-state index contributed by atoms with van der Waals surface area (Å²) in [6, 6.07) is 11.5. The first-order chi connectivity index (χ1) is 13.6. The summed E-state index contributed by atoms with van der Waals surface area (Å²) in [5.41, 5.74) is 1.73. The lowest BCUT2D eigenvalue weighted by atomic mass is 10.1. The molecule has 6 nitrogen and oxygen atoms in total. The fourth-order valence-corrected chi connectivity index (χ4v) is 3.51. The van der Waals surface area contributed by atoms with Gasteiger partial charge in [-0.3, -0.25) is 14.2 Å². The molecule has 2 aromatic carbocycles. The molecule has 0 bridgehead atoms. The van der Waals surface area contributed by atoms with Gasteiger partial charge in [0.25, 0.3) is 5.56 Å². The Labute approximate surface area is 161 Å². The second kappa shape index (κ2) is 7.80. The monoisotopic (exact) mass is 380 g/mol. The Hall–Kier alpha value is -3.22. The summed E-state index contributed by atoms with van der Waals surface area (Å²) in [4.78, 5) is 31.2. The van der Waals surface area contributed by atoms with Crippen LogP contribution in [0, 0.1) is 5.82 Å². The van der Waals surface area contributed by atoms with E-state index in [2.05, 4.69) is 15.2 Å². The van der Waals surface area contributed by atoms with E-state index in [-0.39, 0.29) is 28.9 Å². The molecule has 144 valence electrons. The van der Waals surface area contributed by atoms with Crippen LogP contribution in [0.25, 0.3) is 10.9 Å². The number of benzene rings is 2. The Bertz CT molecular complexity index is 1060. The van der Waals surface area contributed by atoms with Crippen LogP contribution in [0.5, 0.6) is 0 Å². The van der Waals surface area contributed by atoms with E-state index in [0.717, 1.165) is 18.8 Å². The maximum absolute atomic E-state index is 13.3. The quantitative estimate of drug-likeness (QED) is 0.755. The second-order valence-corrected chi connectivity index (χ2v) is 6.98. The highest BCUT2D eigenvalue weighted by Gasteiger charge is 2.12. The Kier molecular flexibility index (Phi) is 5.06. The van der Waals surface area contributed by atoms with E-state index in [0.29, 0.717) is 5.69 Å². The maximum Gasteiger partial charge on any atom is 0.261 e. The molecule has 0 radical (unpaired) electrons. The molecule has 1 saturated heterocycles. The number of piperidine rings is 1. The molecule has 7 heteroatoms. The number of nitrogens with zero attached hydrogens (tertiary/aromatic N) is 3. The first-order valence-corrected chi connectivity index (χ1v) is 9.40. The Morgan fingerprint density at radius 2 is 1.82 bits per heavy atom. The van der Waals surface area contributed by atoms with Crippen molar-refractivity contribution in [3.8, 4) is 0 Å². The molecule has 4 rings (SSSR count). The first kappa shape index (κ1) is 18.2. The SMILES string of the molecule is O=C(Cn1cnc2cc(F)ccc2c1=O)Nc1ccc(N2CCCCC2)cc1. The van der Waals surface area contributed by atoms with Gasteiger partial charge in [-0.25, -0.2) is 9.37 Å². The predicted molar refractivity (Wildman–Crippen MR) is 107 cm³/mol. The number of nitrogens with one attached hydrogen (secondary N) is 1. The molecular formula is C21H21FN4O2. The highest BCUT2D eigenvalue weighted by Crippen LogP contribution is 2.21. The standard InChI is InChI=1S/C21H21FN4O2/c22-15-4-9-18-19(12-15)23-14-26(21(18)28)13-20(27)24-16-5-7-17(8-6-16)25-10-2-1-3-11-25/h4-9,12,14H,1-3,10-11,13H2,(H,24,27). The number of carbonyl (C=O) groups is 1. The van der Waals surface area contributed by atoms with Gasteiger partial charge in [0.2, 0.25) is 5.91 Å². The van der Waals surface area contributed by atoms with Crippen LogP contribution < -0.4 is 15.8 Å². The zero-order valence-corrected chi connectivity index (χ0v) is 15.4. The lowest BCUT2D eigenvalue weighted by Gasteiger charge is -2.28. The summed E-state index contributed by atoms with van der Waals surface area (Å²) < 4.78 is 14.5. The Balaban J connectivity index is 1.44. The molecule has 3 aromatic rings. The third-order valence-corrected chi connectivity index (χ3v) is 4.97. The van der Waals surface area contributed by atoms with Crippen LogP contribution in [0.1, 0.15) is 19.3 Å². The third kappa shape index (κ3) is 3.88. The van der Waals surface area contributed by atoms with Gasteiger partial charge in [0.15, 0.2) is 0 Å². The average Bonchev–Trinajstić information content (AvgIpc) is 2.71. The van der Waals surface area contributed by atoms with Crippen molar-refractivity contribution in [3.63, 3.8) is 0 Å². The van der Waals surface area contributed by atoms with Gasteiger partial charge >= 0.3 is 0 Å². The third-order valence-electron chi connectivity index (χ3n) is 4.97. The molecule has 2 heterocycles. The van der Waals surface area contributed by atoms with Crippen LogP contribution in [0.2, 0.25) is 0 Å². The molecule has 1 aliphatic heterocycles. The Morgan fingerprint density at radius 1 is 1.07 bits per heavy atom. The maximum atomic E-state index is 13.3. The average molecular weight is 380 g/mol. The van der Waals surface area contributed by atoms with E-state index in [1.54, 1.807) is 0 Å². The van der Waals surface area contributed by atoms with Crippen LogP contribution in [0.4, 0.5) is 15.8 Å². The number of carbonyl (C=O) groups excluding carboxylic acids is 1. The van der Waals surface area contributed by atoms with Gasteiger partial charge in [-0.1, -0.05) is 0 Å². The molecule has 0 spiro atoms. The van der Waals surface area contributed by atoms with Crippen LogP contribution in [0.15, 0.2) is 53.6 Å². The highest BCUT2D eigenvalue weighted by atomic mass is 19.1. The van der Waals surface area contributed by atoms with Gasteiger partial charge < -0.3 is 10.2 Å². The molecule has 0 unspecified atom stereocenters. The van der Waals surface area contributed by atoms with Crippen molar-refractivity contribution in [1.29, 1.82) is 0 Å². The molecule has 1 amide bonds. The van der Waals surface area contributed by atoms with Crippen LogP contribution in [0.3, 0.4) is 0 Å². The summed E-state index contributed by atoms with van der Waals surface area (Å²) in [6.07, 6.45) is 4.96. The number of aromatic nitrogens is 2. The number of anilines is 2. The number of halogens is 1. The van der Waals surface area contributed by atoms with Crippen molar-refractivity contribution in [2.75, 3.05) is 23.3 Å². The van der Waals surface area contributed by atoms with Gasteiger partial charge in [0.1, 0.15) is 12.4 Å². The molecule has 1 aromatic heterocycles. The van der Waals surface area contributed by atoms with Gasteiger partial charge in [-0.2, -0.15) is 0 Å². The molecule has 1 aliphatic rings. The van der Waals surface area contributed by atoms with Crippen LogP contribution in [-0.2, 0) is 11.3 Å². The van der Waals surface area contributed by atoms with Crippen molar-refractivity contribution in [2.45, 2.75) is 25.8 Å². The number of rotatable bonds is 4. The summed E-state index contributed by atoms with van der Waals surface area (Å²) in [6.45, 7) is 1.97. The number of hydrogen-bond acceptors (Lipinski definition) is 4. The van der Waals surface area contributed by atoms with Crippen molar-refractivity contribution in [2.24, 2.45) is 0 Å². The van der Waals surface area contributed by atoms with Gasteiger partial charge in [-0.15, -0.1) is 0 Å². The molecule has 1 N–H and O–H groups in total. The van der Waals surface area contributed by atoms with Gasteiger partial charge in [0.05, 0.1) is 17.2 Å². The summed E-state index contributed by atoms with van der Waals surface area (Å²) in [5.74, 6) is -0.779. The smallest absolute Gasteiger partial charge is 0.261 e. The minimum absolute atomic E-state index is 0.160. The van der Waals surface area contributed by atoms with E-state index in [1.807, 2.05) is 24.3 Å². The second-order valence-electron chi connectivity index (χ2n) is 6.98. The Morgan fingerprint density at radius 3 is 2.57 bits per heavy atom. The number of amides is 1. The number of hydrogen-bond donors (Lipinski definition) is 1. The minimum Gasteiger partial charge on any atom is -0.372 e. The van der Waals surface area contributed by atoms with Crippen LogP contribution in [-0.4, -0.2) is 28.5 Å². The lowest BCUT2D eigenvalue weighted by Crippen LogP contribution is -2.29. The number of fused-ring (bicyclic) bond motifs is 1. The molecule has 1 fully saturated rings. The van der Waals surface area contributed by atoms with Gasteiger partial charge in [-0.05, 0) is 55.7 Å². The zero-order chi connectivity index (χ0) is 19.5. The molecule has 0 aliphatic carbocycles. The molecule has 0 atom stereocenters. The molecular weight excluding hydrogens is 359 g/mol. The summed E-state index contributed by atoms with van der Waals surface area (Å²) in [5, 5.41) is 3.08. The first-order valence-electron chi connectivity index (χ1n) is 9.40. The van der Waals surface area contributed by atoms with Crippen molar-refractivity contribution in [3.05, 3.63) is 65.0 Å². The normalized spacial score (nSPS) is 14.2. The van der Waals surface area contributed by atoms with Crippen molar-refractivity contribution < 1.29 is 9.18 Å². The largest absolute Gasteiger partial charge is 0.372 e. The van der Waals surface area contributed by atoms with E-state index in [1.165, 1.54) is 48.4 Å². The zero-order valence-electron chi connectivity index (χ0n) is 15.4. The van der Waals surface area contributed by atoms with Crippen molar-refractivity contribution in [1.82, 2.24) is 9.55 Å². The van der Waals surface area contributed by atoms with Crippen LogP contribution >= 0.6 is 0 Å². The van der Waals surface area contributed by atoms with E-state index >= 15 is 0 Å². The predicted octanol–water partition coefficient (Wildman–Crippen LogP) is 3.16. The topological polar surface area (TPSA) is 67.2 Å². The highest BCUT2D eigenvalue weighted by molar-refractivity contribution is 5.91. The lowest BCUT2D eigenvalue weighted by molar-refractivity contribution is -0.116. The minimum atomic E-state index is -0.456. The van der Waals surface area contributed by atoms with E-state index in [4.69, 9.17) is 0 Å². The molecule has 28 heavy (non-hydrogen) atoms. The van der Waals surface area contributed by atoms with E-state index < -0.39 is 5.82 Å². The fourth-order valence-electron chi connectivity index (χ4n) is 3.51. The van der Waals surface area contributed by atoms with E-state index in [9.17, 15) is 14.0 Å². The van der Waals surface area contributed by atoms with Crippen molar-refractivity contribution >= 4 is 28.2 Å². The van der Waals surface area contributed by atoms with Gasteiger partial charge in [0, 0.05) is 30.5 Å². The summed E-state index contributed by atoms with van der Waals surface area (Å²) >= 11 is 0. The summed E-state index contributed by atoms with van der Waals surface area (Å²) in [7, 11) is 0. The fraction of sp³-hybridized carbons (Fsp3) is 0.286.